The third-order valence-electron chi connectivity index (χ3n) is 6.51. The predicted octanol–water partition coefficient (Wildman–Crippen LogP) is -3.45. The summed E-state index contributed by atoms with van der Waals surface area (Å²) in [5.41, 5.74) is -2.13. The first kappa shape index (κ1) is 23.2. The Bertz CT molecular complexity index is 544. The molecule has 0 bridgehead atoms. The van der Waals surface area contributed by atoms with Gasteiger partial charge in [0, 0.05) is 0 Å². The fourth-order valence-corrected chi connectivity index (χ4v) is 4.69. The van der Waals surface area contributed by atoms with E-state index in [1.54, 1.807) is 0 Å². The first-order valence-corrected chi connectivity index (χ1v) is 10.0. The molecule has 1 aliphatic carbocycles. The zero-order valence-corrected chi connectivity index (χ0v) is 16.1. The maximum absolute atomic E-state index is 11.5. The first-order valence-electron chi connectivity index (χ1n) is 10.0. The van der Waals surface area contributed by atoms with Crippen molar-refractivity contribution in [2.24, 2.45) is 5.92 Å². The Balaban J connectivity index is 1.94. The van der Waals surface area contributed by atoms with Crippen LogP contribution in [0.25, 0.3) is 0 Å². The summed E-state index contributed by atoms with van der Waals surface area (Å²) in [5.74, 6) is -2.78. The van der Waals surface area contributed by atoms with Gasteiger partial charge in [0.05, 0.1) is 13.2 Å². The number of ether oxygens (including phenoxy) is 3. The molecule has 2 aliphatic heterocycles. The summed E-state index contributed by atoms with van der Waals surface area (Å²) in [4.78, 5) is 0. The third kappa shape index (κ3) is 3.83. The van der Waals surface area contributed by atoms with Crippen molar-refractivity contribution in [1.29, 1.82) is 0 Å². The maximum Gasteiger partial charge on any atom is 0.224 e. The highest BCUT2D eigenvalue weighted by Gasteiger charge is 2.64. The number of hydrogen-bond donors (Lipinski definition) is 8. The zero-order chi connectivity index (χ0) is 21.4. The second-order valence-corrected chi connectivity index (χ2v) is 8.21. The molecule has 0 amide bonds. The summed E-state index contributed by atoms with van der Waals surface area (Å²) < 4.78 is 16.6. The van der Waals surface area contributed by atoms with Crippen molar-refractivity contribution in [3.8, 4) is 0 Å². The fourth-order valence-electron chi connectivity index (χ4n) is 4.69. The summed E-state index contributed by atoms with van der Waals surface area (Å²) in [6.45, 7) is -2.30. The molecular weight excluding hydrogens is 392 g/mol. The molecule has 0 aromatic carbocycles. The van der Waals surface area contributed by atoms with Gasteiger partial charge in [-0.05, 0) is 18.8 Å². The predicted molar refractivity (Wildman–Crippen MR) is 94.2 cm³/mol. The molecule has 11 heteroatoms. The van der Waals surface area contributed by atoms with Gasteiger partial charge in [0.15, 0.2) is 6.29 Å². The molecule has 2 saturated heterocycles. The molecule has 0 spiro atoms. The van der Waals surface area contributed by atoms with Crippen LogP contribution in [0.1, 0.15) is 32.1 Å². The molecule has 3 fully saturated rings. The van der Waals surface area contributed by atoms with Crippen molar-refractivity contribution >= 4 is 0 Å². The molecule has 11 nitrogen and oxygen atoms in total. The van der Waals surface area contributed by atoms with E-state index in [4.69, 9.17) is 14.2 Å². The average Bonchev–Trinajstić information content (AvgIpc) is 2.99. The van der Waals surface area contributed by atoms with Crippen molar-refractivity contribution in [3.05, 3.63) is 0 Å². The lowest BCUT2D eigenvalue weighted by Crippen LogP contribution is -2.72. The van der Waals surface area contributed by atoms with Gasteiger partial charge in [-0.25, -0.2) is 0 Å². The summed E-state index contributed by atoms with van der Waals surface area (Å²) >= 11 is 0. The summed E-state index contributed by atoms with van der Waals surface area (Å²) in [5, 5.41) is 81.7. The van der Waals surface area contributed by atoms with E-state index in [1.807, 2.05) is 0 Å². The van der Waals surface area contributed by atoms with Gasteiger partial charge in [-0.2, -0.15) is 0 Å². The largest absolute Gasteiger partial charge is 0.394 e. The van der Waals surface area contributed by atoms with Crippen LogP contribution >= 0.6 is 0 Å². The van der Waals surface area contributed by atoms with E-state index in [1.165, 1.54) is 0 Å². The molecule has 9 atom stereocenters. The summed E-state index contributed by atoms with van der Waals surface area (Å²) in [7, 11) is 0. The van der Waals surface area contributed by atoms with Crippen LogP contribution in [0.5, 0.6) is 0 Å². The van der Waals surface area contributed by atoms with Crippen molar-refractivity contribution in [1.82, 2.24) is 0 Å². The molecule has 1 unspecified atom stereocenters. The standard InChI is InChI=1S/C18H32O11/c19-6-10-12(22)15(25)18(26,9-4-2-1-3-5-9)16(27-10)29-17(8-21)14(24)13(23)11(7-20)28-17/h9-16,19-26H,1-8H2/t10-,11-,12-,13-,14+,15+,16-,17?,18-/m1/s1. The molecule has 0 aromatic rings. The minimum Gasteiger partial charge on any atom is -0.394 e. The van der Waals surface area contributed by atoms with Crippen molar-refractivity contribution in [2.45, 2.75) is 86.4 Å². The van der Waals surface area contributed by atoms with Crippen molar-refractivity contribution < 1.29 is 55.1 Å². The molecule has 3 aliphatic rings. The van der Waals surface area contributed by atoms with Gasteiger partial charge in [-0.3, -0.25) is 0 Å². The van der Waals surface area contributed by atoms with Gasteiger partial charge < -0.3 is 55.1 Å². The Morgan fingerprint density at radius 3 is 1.93 bits per heavy atom. The monoisotopic (exact) mass is 424 g/mol. The van der Waals surface area contributed by atoms with Crippen LogP contribution in [0.15, 0.2) is 0 Å². The Kier molecular flexibility index (Phi) is 7.18. The van der Waals surface area contributed by atoms with Crippen LogP contribution in [-0.4, -0.2) is 115 Å². The topological polar surface area (TPSA) is 190 Å². The number of aliphatic hydroxyl groups is 8. The summed E-state index contributed by atoms with van der Waals surface area (Å²) in [6, 6.07) is 0. The molecular formula is C18H32O11. The van der Waals surface area contributed by atoms with Gasteiger partial charge in [0.2, 0.25) is 5.79 Å². The lowest BCUT2D eigenvalue weighted by atomic mass is 9.70. The van der Waals surface area contributed by atoms with Crippen molar-refractivity contribution in [3.63, 3.8) is 0 Å². The highest BCUT2D eigenvalue weighted by molar-refractivity contribution is 5.06. The van der Waals surface area contributed by atoms with Gasteiger partial charge in [0.25, 0.3) is 0 Å². The molecule has 2 heterocycles. The van der Waals surface area contributed by atoms with Gasteiger partial charge in [0.1, 0.15) is 48.8 Å². The highest BCUT2D eigenvalue weighted by atomic mass is 16.8. The van der Waals surface area contributed by atoms with Gasteiger partial charge >= 0.3 is 0 Å². The Labute approximate surface area is 168 Å². The van der Waals surface area contributed by atoms with E-state index in [-0.39, 0.29) is 0 Å². The third-order valence-corrected chi connectivity index (χ3v) is 6.51. The zero-order valence-electron chi connectivity index (χ0n) is 16.1. The van der Waals surface area contributed by atoms with E-state index in [0.29, 0.717) is 12.8 Å². The van der Waals surface area contributed by atoms with E-state index in [2.05, 4.69) is 0 Å². The molecule has 29 heavy (non-hydrogen) atoms. The quantitative estimate of drug-likeness (QED) is 0.212. The lowest BCUT2D eigenvalue weighted by molar-refractivity contribution is -0.415. The van der Waals surface area contributed by atoms with Crippen LogP contribution in [0, 0.1) is 5.92 Å². The smallest absolute Gasteiger partial charge is 0.224 e. The number of rotatable bonds is 6. The van der Waals surface area contributed by atoms with E-state index in [0.717, 1.165) is 19.3 Å². The van der Waals surface area contributed by atoms with Gasteiger partial charge in [-0.15, -0.1) is 0 Å². The minimum atomic E-state index is -2.25. The van der Waals surface area contributed by atoms with Crippen LogP contribution < -0.4 is 0 Å². The second-order valence-electron chi connectivity index (χ2n) is 8.21. The molecule has 170 valence electrons. The Morgan fingerprint density at radius 1 is 0.828 bits per heavy atom. The molecule has 3 rings (SSSR count). The van der Waals surface area contributed by atoms with Gasteiger partial charge in [-0.1, -0.05) is 19.3 Å². The minimum absolute atomic E-state index is 0.519. The van der Waals surface area contributed by atoms with Crippen LogP contribution in [0.3, 0.4) is 0 Å². The maximum atomic E-state index is 11.5. The van der Waals surface area contributed by atoms with Crippen molar-refractivity contribution in [2.75, 3.05) is 19.8 Å². The second kappa shape index (κ2) is 8.97. The van der Waals surface area contributed by atoms with E-state index in [9.17, 15) is 40.9 Å². The number of aliphatic hydroxyl groups excluding tert-OH is 7. The molecule has 8 N–H and O–H groups in total. The van der Waals surface area contributed by atoms with Crippen LogP contribution in [0.4, 0.5) is 0 Å². The van der Waals surface area contributed by atoms with Crippen LogP contribution in [0.2, 0.25) is 0 Å². The SMILES string of the molecule is OC[C@H]1OC(CO)(O[C@H]2O[C@H](CO)[C@@H](O)[C@H](O)[C@]2(O)C2CCCCC2)[C@@H](O)[C@@H]1O. The Hall–Kier alpha value is -0.440. The molecule has 0 radical (unpaired) electrons. The molecule has 0 aromatic heterocycles. The van der Waals surface area contributed by atoms with Crippen LogP contribution in [-0.2, 0) is 14.2 Å². The average molecular weight is 424 g/mol. The Morgan fingerprint density at radius 2 is 1.41 bits per heavy atom. The highest BCUT2D eigenvalue weighted by Crippen LogP contribution is 2.45. The van der Waals surface area contributed by atoms with E-state index >= 15 is 0 Å². The normalized spacial score (nSPS) is 49.4. The lowest BCUT2D eigenvalue weighted by Gasteiger charge is -2.53. The number of hydrogen-bond acceptors (Lipinski definition) is 11. The fraction of sp³-hybridized carbons (Fsp3) is 1.00. The first-order chi connectivity index (χ1) is 13.7. The summed E-state index contributed by atoms with van der Waals surface area (Å²) in [6.07, 6.45) is -7.42. The van der Waals surface area contributed by atoms with E-state index < -0.39 is 80.0 Å². The molecule has 1 saturated carbocycles.